The number of halogens is 1. The molecule has 0 saturated carbocycles. The van der Waals surface area contributed by atoms with Crippen LogP contribution < -0.4 is 10.6 Å². The second kappa shape index (κ2) is 12.9. The molecule has 0 fully saturated rings. The van der Waals surface area contributed by atoms with E-state index in [-0.39, 0.29) is 24.0 Å². The van der Waals surface area contributed by atoms with E-state index in [0.717, 1.165) is 57.3 Å². The number of nitrogens with one attached hydrogen (secondary N) is 2. The summed E-state index contributed by atoms with van der Waals surface area (Å²) >= 11 is 0. The number of nitrogens with zero attached hydrogens (tertiary/aromatic N) is 2. The third-order valence-electron chi connectivity index (χ3n) is 3.31. The summed E-state index contributed by atoms with van der Waals surface area (Å²) < 4.78 is 5.29. The van der Waals surface area contributed by atoms with Crippen LogP contribution in [0, 0.1) is 0 Å². The van der Waals surface area contributed by atoms with Crippen molar-refractivity contribution in [2.45, 2.75) is 26.7 Å². The number of hydrogen-bond donors (Lipinski definition) is 2. The van der Waals surface area contributed by atoms with Crippen molar-refractivity contribution in [1.82, 2.24) is 15.5 Å². The summed E-state index contributed by atoms with van der Waals surface area (Å²) in [6, 6.07) is 3.90. The summed E-state index contributed by atoms with van der Waals surface area (Å²) in [7, 11) is 1.80. The van der Waals surface area contributed by atoms with Crippen LogP contribution in [0.2, 0.25) is 0 Å². The van der Waals surface area contributed by atoms with Gasteiger partial charge in [-0.15, -0.1) is 24.0 Å². The van der Waals surface area contributed by atoms with Gasteiger partial charge in [0.05, 0.1) is 6.26 Å². The van der Waals surface area contributed by atoms with E-state index in [1.807, 2.05) is 12.1 Å². The van der Waals surface area contributed by atoms with Crippen LogP contribution in [0.25, 0.3) is 0 Å². The highest BCUT2D eigenvalue weighted by molar-refractivity contribution is 14.0. The first kappa shape index (κ1) is 20.2. The van der Waals surface area contributed by atoms with Gasteiger partial charge >= 0.3 is 0 Å². The van der Waals surface area contributed by atoms with Gasteiger partial charge < -0.3 is 20.0 Å². The first-order valence-corrected chi connectivity index (χ1v) is 7.49. The Hall–Kier alpha value is -0.760. The predicted molar refractivity (Wildman–Crippen MR) is 99.6 cm³/mol. The summed E-state index contributed by atoms with van der Waals surface area (Å²) in [5.74, 6) is 1.85. The molecule has 1 rings (SSSR count). The molecule has 0 aliphatic rings. The van der Waals surface area contributed by atoms with Crippen LogP contribution in [0.3, 0.4) is 0 Å². The molecular weight excluding hydrogens is 379 g/mol. The van der Waals surface area contributed by atoms with Crippen LogP contribution in [-0.2, 0) is 6.42 Å². The zero-order valence-electron chi connectivity index (χ0n) is 13.4. The van der Waals surface area contributed by atoms with Crippen LogP contribution in [0.4, 0.5) is 0 Å². The van der Waals surface area contributed by atoms with E-state index >= 15 is 0 Å². The fraction of sp³-hybridized carbons (Fsp3) is 0.667. The minimum atomic E-state index is 0. The fourth-order valence-corrected chi connectivity index (χ4v) is 2.03. The number of rotatable bonds is 9. The van der Waals surface area contributed by atoms with Gasteiger partial charge in [0.15, 0.2) is 5.96 Å². The van der Waals surface area contributed by atoms with E-state index in [2.05, 4.69) is 34.4 Å². The molecule has 0 bridgehead atoms. The average molecular weight is 408 g/mol. The second-order valence-corrected chi connectivity index (χ2v) is 4.64. The van der Waals surface area contributed by atoms with E-state index in [4.69, 9.17) is 4.42 Å². The highest BCUT2D eigenvalue weighted by atomic mass is 127. The molecule has 1 aromatic rings. The van der Waals surface area contributed by atoms with Gasteiger partial charge in [-0.3, -0.25) is 4.99 Å². The Morgan fingerprint density at radius 2 is 1.95 bits per heavy atom. The van der Waals surface area contributed by atoms with Gasteiger partial charge in [-0.25, -0.2) is 0 Å². The van der Waals surface area contributed by atoms with Gasteiger partial charge in [0.1, 0.15) is 5.76 Å². The standard InChI is InChI=1S/C15H28N4O.HI/c1-4-19(5-2)12-7-10-17-15(16-3)18-11-9-14-8-6-13-20-14;/h6,8,13H,4-5,7,9-12H2,1-3H3,(H2,16,17,18);1H. The lowest BCUT2D eigenvalue weighted by molar-refractivity contribution is 0.300. The van der Waals surface area contributed by atoms with E-state index < -0.39 is 0 Å². The Balaban J connectivity index is 0.00000400. The summed E-state index contributed by atoms with van der Waals surface area (Å²) in [6.07, 6.45) is 3.70. The molecule has 0 unspecified atom stereocenters. The van der Waals surface area contributed by atoms with Crippen molar-refractivity contribution in [2.24, 2.45) is 4.99 Å². The van der Waals surface area contributed by atoms with Crippen molar-refractivity contribution in [3.05, 3.63) is 24.2 Å². The molecule has 5 nitrogen and oxygen atoms in total. The molecule has 0 aromatic carbocycles. The van der Waals surface area contributed by atoms with Crippen LogP contribution in [0.1, 0.15) is 26.0 Å². The fourth-order valence-electron chi connectivity index (χ4n) is 2.03. The summed E-state index contributed by atoms with van der Waals surface area (Å²) in [5.41, 5.74) is 0. The summed E-state index contributed by atoms with van der Waals surface area (Å²) in [6.45, 7) is 9.53. The van der Waals surface area contributed by atoms with Crippen molar-refractivity contribution in [3.8, 4) is 0 Å². The van der Waals surface area contributed by atoms with Crippen LogP contribution in [0.5, 0.6) is 0 Å². The molecule has 1 aromatic heterocycles. The van der Waals surface area contributed by atoms with Gasteiger partial charge in [0.25, 0.3) is 0 Å². The van der Waals surface area contributed by atoms with Crippen LogP contribution in [0.15, 0.2) is 27.8 Å². The third kappa shape index (κ3) is 8.98. The first-order valence-electron chi connectivity index (χ1n) is 7.49. The topological polar surface area (TPSA) is 52.8 Å². The molecule has 2 N–H and O–H groups in total. The molecule has 0 aliphatic heterocycles. The van der Waals surface area contributed by atoms with Crippen LogP contribution >= 0.6 is 24.0 Å². The molecule has 0 radical (unpaired) electrons. The van der Waals surface area contributed by atoms with E-state index in [1.165, 1.54) is 0 Å². The average Bonchev–Trinajstić information content (AvgIpc) is 2.98. The van der Waals surface area contributed by atoms with Crippen molar-refractivity contribution >= 4 is 29.9 Å². The van der Waals surface area contributed by atoms with Gasteiger partial charge in [-0.1, -0.05) is 13.8 Å². The Kier molecular flexibility index (Phi) is 12.5. The minimum Gasteiger partial charge on any atom is -0.469 e. The second-order valence-electron chi connectivity index (χ2n) is 4.64. The predicted octanol–water partition coefficient (Wildman–Crippen LogP) is 2.34. The lowest BCUT2D eigenvalue weighted by atomic mass is 10.3. The molecule has 6 heteroatoms. The smallest absolute Gasteiger partial charge is 0.190 e. The maximum absolute atomic E-state index is 5.29. The maximum Gasteiger partial charge on any atom is 0.190 e. The molecule has 21 heavy (non-hydrogen) atoms. The summed E-state index contributed by atoms with van der Waals surface area (Å²) in [5, 5.41) is 6.62. The van der Waals surface area contributed by atoms with Crippen molar-refractivity contribution in [2.75, 3.05) is 39.8 Å². The molecule has 0 aliphatic carbocycles. The summed E-state index contributed by atoms with van der Waals surface area (Å²) in [4.78, 5) is 6.64. The quantitative estimate of drug-likeness (QED) is 0.285. The zero-order valence-corrected chi connectivity index (χ0v) is 15.7. The number of aliphatic imine (C=N–C) groups is 1. The number of guanidine groups is 1. The highest BCUT2D eigenvalue weighted by Crippen LogP contribution is 1.99. The normalized spacial score (nSPS) is 11.3. The third-order valence-corrected chi connectivity index (χ3v) is 3.31. The van der Waals surface area contributed by atoms with Crippen LogP contribution in [-0.4, -0.2) is 50.6 Å². The van der Waals surface area contributed by atoms with Gasteiger partial charge in [-0.05, 0) is 38.2 Å². The lowest BCUT2D eigenvalue weighted by Gasteiger charge is -2.18. The monoisotopic (exact) mass is 408 g/mol. The Morgan fingerprint density at radius 1 is 1.24 bits per heavy atom. The minimum absolute atomic E-state index is 0. The van der Waals surface area contributed by atoms with Gasteiger partial charge in [0.2, 0.25) is 0 Å². The van der Waals surface area contributed by atoms with Gasteiger partial charge in [0, 0.05) is 26.6 Å². The van der Waals surface area contributed by atoms with E-state index in [1.54, 1.807) is 13.3 Å². The molecule has 0 saturated heterocycles. The van der Waals surface area contributed by atoms with Crippen molar-refractivity contribution in [1.29, 1.82) is 0 Å². The molecule has 0 atom stereocenters. The number of hydrogen-bond acceptors (Lipinski definition) is 3. The van der Waals surface area contributed by atoms with Crippen molar-refractivity contribution in [3.63, 3.8) is 0 Å². The Labute approximate surface area is 145 Å². The van der Waals surface area contributed by atoms with E-state index in [0.29, 0.717) is 0 Å². The number of furan rings is 1. The molecular formula is C15H29IN4O. The molecule has 0 amide bonds. The van der Waals surface area contributed by atoms with E-state index in [9.17, 15) is 0 Å². The van der Waals surface area contributed by atoms with Gasteiger partial charge in [-0.2, -0.15) is 0 Å². The largest absolute Gasteiger partial charge is 0.469 e. The SMILES string of the molecule is CCN(CC)CCCNC(=NC)NCCc1ccco1.I. The Bertz CT molecular complexity index is 364. The van der Waals surface area contributed by atoms with Crippen molar-refractivity contribution < 1.29 is 4.42 Å². The lowest BCUT2D eigenvalue weighted by Crippen LogP contribution is -2.39. The Morgan fingerprint density at radius 3 is 2.52 bits per heavy atom. The highest BCUT2D eigenvalue weighted by Gasteiger charge is 2.01. The maximum atomic E-state index is 5.29. The molecule has 122 valence electrons. The molecule has 0 spiro atoms. The first-order chi connectivity index (χ1) is 9.80. The zero-order chi connectivity index (χ0) is 14.6. The molecule has 1 heterocycles.